The van der Waals surface area contributed by atoms with Gasteiger partial charge in [-0.3, -0.25) is 4.90 Å². The third kappa shape index (κ3) is 4.42. The number of benzene rings is 2. The van der Waals surface area contributed by atoms with Crippen LogP contribution in [-0.2, 0) is 19.5 Å². The van der Waals surface area contributed by atoms with E-state index in [4.69, 9.17) is 14.7 Å². The third-order valence-corrected chi connectivity index (χ3v) is 6.35. The first-order valence-corrected chi connectivity index (χ1v) is 11.4. The van der Waals surface area contributed by atoms with Crippen LogP contribution in [0.3, 0.4) is 0 Å². The van der Waals surface area contributed by atoms with E-state index in [1.807, 2.05) is 12.1 Å². The summed E-state index contributed by atoms with van der Waals surface area (Å²) in [7, 11) is 1.73. The second kappa shape index (κ2) is 9.06. The molecular formula is C26H30N4O. The first kappa shape index (κ1) is 20.0. The van der Waals surface area contributed by atoms with Crippen molar-refractivity contribution >= 4 is 5.82 Å². The van der Waals surface area contributed by atoms with E-state index >= 15 is 0 Å². The molecule has 0 bridgehead atoms. The molecule has 0 spiro atoms. The smallest absolute Gasteiger partial charge is 0.161 e. The van der Waals surface area contributed by atoms with Gasteiger partial charge in [0.1, 0.15) is 11.6 Å². The predicted molar refractivity (Wildman–Crippen MR) is 124 cm³/mol. The maximum absolute atomic E-state index is 5.41. The van der Waals surface area contributed by atoms with Crippen molar-refractivity contribution in [2.75, 3.05) is 31.6 Å². The molecule has 160 valence electrons. The summed E-state index contributed by atoms with van der Waals surface area (Å²) in [5, 5.41) is 0. The monoisotopic (exact) mass is 414 g/mol. The highest BCUT2D eigenvalue weighted by Gasteiger charge is 2.26. The summed E-state index contributed by atoms with van der Waals surface area (Å²) in [5.41, 5.74) is 4.92. The minimum atomic E-state index is 0.862. The van der Waals surface area contributed by atoms with Gasteiger partial charge < -0.3 is 9.64 Å². The Bertz CT molecular complexity index is 1030. The Hall–Kier alpha value is -2.92. The molecule has 0 amide bonds. The second-order valence-corrected chi connectivity index (χ2v) is 8.52. The summed E-state index contributed by atoms with van der Waals surface area (Å²) >= 11 is 0. The Morgan fingerprint density at radius 2 is 1.74 bits per heavy atom. The van der Waals surface area contributed by atoms with Crippen molar-refractivity contribution in [3.8, 4) is 17.1 Å². The van der Waals surface area contributed by atoms with Gasteiger partial charge >= 0.3 is 0 Å². The molecule has 5 heteroatoms. The Balaban J connectivity index is 1.46. The number of methoxy groups -OCH3 is 1. The number of hydrogen-bond acceptors (Lipinski definition) is 5. The van der Waals surface area contributed by atoms with E-state index in [0.717, 1.165) is 62.1 Å². The third-order valence-electron chi connectivity index (χ3n) is 6.35. The Morgan fingerprint density at radius 1 is 0.903 bits per heavy atom. The molecule has 5 nitrogen and oxygen atoms in total. The van der Waals surface area contributed by atoms with Gasteiger partial charge in [-0.15, -0.1) is 0 Å². The largest absolute Gasteiger partial charge is 0.497 e. The van der Waals surface area contributed by atoms with E-state index in [0.29, 0.717) is 0 Å². The highest BCUT2D eigenvalue weighted by Crippen LogP contribution is 2.32. The van der Waals surface area contributed by atoms with Crippen LogP contribution < -0.4 is 9.64 Å². The molecule has 3 aromatic rings. The van der Waals surface area contributed by atoms with Crippen LogP contribution >= 0.6 is 0 Å². The van der Waals surface area contributed by atoms with Crippen molar-refractivity contribution < 1.29 is 4.74 Å². The summed E-state index contributed by atoms with van der Waals surface area (Å²) in [4.78, 5) is 15.1. The van der Waals surface area contributed by atoms with E-state index in [1.54, 1.807) is 7.11 Å². The van der Waals surface area contributed by atoms with Crippen molar-refractivity contribution in [2.45, 2.75) is 38.8 Å². The van der Waals surface area contributed by atoms with Crippen LogP contribution in [0.4, 0.5) is 5.82 Å². The molecular weight excluding hydrogens is 384 g/mol. The number of nitrogens with zero attached hydrogens (tertiary/aromatic N) is 4. The summed E-state index contributed by atoms with van der Waals surface area (Å²) in [6, 6.07) is 18.8. The molecule has 1 saturated heterocycles. The number of rotatable bonds is 5. The highest BCUT2D eigenvalue weighted by molar-refractivity contribution is 5.61. The van der Waals surface area contributed by atoms with Gasteiger partial charge in [-0.1, -0.05) is 42.5 Å². The molecule has 0 saturated carbocycles. The van der Waals surface area contributed by atoms with Gasteiger partial charge in [-0.05, 0) is 37.0 Å². The maximum atomic E-state index is 5.41. The number of fused-ring (bicyclic) bond motifs is 1. The average Bonchev–Trinajstić information content (AvgIpc) is 2.84. The molecule has 0 unspecified atom stereocenters. The zero-order valence-corrected chi connectivity index (χ0v) is 18.3. The SMILES string of the molecule is COc1cccc(CN2CCc3nc(-c4ccccc4)nc(N4CCCCC4)c3C2)c1. The minimum Gasteiger partial charge on any atom is -0.497 e. The van der Waals surface area contributed by atoms with Gasteiger partial charge in [0.15, 0.2) is 5.82 Å². The fraction of sp³-hybridized carbons (Fsp3) is 0.385. The number of aromatic nitrogens is 2. The average molecular weight is 415 g/mol. The normalized spacial score (nSPS) is 16.7. The van der Waals surface area contributed by atoms with Crippen LogP contribution in [0.2, 0.25) is 0 Å². The summed E-state index contributed by atoms with van der Waals surface area (Å²) in [6.07, 6.45) is 4.76. The molecule has 2 aromatic carbocycles. The molecule has 3 heterocycles. The number of hydrogen-bond donors (Lipinski definition) is 0. The lowest BCUT2D eigenvalue weighted by molar-refractivity contribution is 0.242. The van der Waals surface area contributed by atoms with Crippen molar-refractivity contribution in [3.63, 3.8) is 0 Å². The molecule has 2 aliphatic heterocycles. The molecule has 2 aliphatic rings. The first-order chi connectivity index (χ1) is 15.3. The maximum Gasteiger partial charge on any atom is 0.161 e. The van der Waals surface area contributed by atoms with Gasteiger partial charge in [-0.25, -0.2) is 9.97 Å². The van der Waals surface area contributed by atoms with Crippen molar-refractivity contribution in [2.24, 2.45) is 0 Å². The Kier molecular flexibility index (Phi) is 5.85. The van der Waals surface area contributed by atoms with Gasteiger partial charge in [0, 0.05) is 50.3 Å². The quantitative estimate of drug-likeness (QED) is 0.605. The van der Waals surface area contributed by atoms with E-state index in [9.17, 15) is 0 Å². The van der Waals surface area contributed by atoms with Gasteiger partial charge in [0.2, 0.25) is 0 Å². The van der Waals surface area contributed by atoms with E-state index in [2.05, 4.69) is 52.3 Å². The first-order valence-electron chi connectivity index (χ1n) is 11.4. The van der Waals surface area contributed by atoms with E-state index in [1.165, 1.54) is 36.1 Å². The minimum absolute atomic E-state index is 0.862. The topological polar surface area (TPSA) is 41.5 Å². The lowest BCUT2D eigenvalue weighted by Crippen LogP contribution is -2.36. The Morgan fingerprint density at radius 3 is 2.55 bits per heavy atom. The Labute approximate surface area is 184 Å². The van der Waals surface area contributed by atoms with Gasteiger partial charge in [0.05, 0.1) is 12.8 Å². The number of anilines is 1. The molecule has 0 aliphatic carbocycles. The number of ether oxygens (including phenoxy) is 1. The summed E-state index contributed by atoms with van der Waals surface area (Å²) in [5.74, 6) is 2.93. The van der Waals surface area contributed by atoms with Crippen molar-refractivity contribution in [1.29, 1.82) is 0 Å². The molecule has 0 atom stereocenters. The lowest BCUT2D eigenvalue weighted by atomic mass is 10.0. The molecule has 0 N–H and O–H groups in total. The van der Waals surface area contributed by atoms with Crippen LogP contribution in [0.15, 0.2) is 54.6 Å². The van der Waals surface area contributed by atoms with Crippen molar-refractivity contribution in [3.05, 3.63) is 71.4 Å². The zero-order chi connectivity index (χ0) is 21.0. The standard InChI is InChI=1S/C26H30N4O/c1-31-22-12-8-9-20(17-22)18-29-16-13-24-23(19-29)26(30-14-6-3-7-15-30)28-25(27-24)21-10-4-2-5-11-21/h2,4-5,8-12,17H,3,6-7,13-16,18-19H2,1H3. The van der Waals surface area contributed by atoms with Crippen LogP contribution in [-0.4, -0.2) is 41.6 Å². The van der Waals surface area contributed by atoms with Crippen molar-refractivity contribution in [1.82, 2.24) is 14.9 Å². The van der Waals surface area contributed by atoms with Crippen LogP contribution in [0, 0.1) is 0 Å². The summed E-state index contributed by atoms with van der Waals surface area (Å²) < 4.78 is 5.41. The molecule has 5 rings (SSSR count). The zero-order valence-electron chi connectivity index (χ0n) is 18.3. The number of piperidine rings is 1. The lowest BCUT2D eigenvalue weighted by Gasteiger charge is -2.34. The summed E-state index contributed by atoms with van der Waals surface area (Å²) in [6.45, 7) is 5.00. The predicted octanol–water partition coefficient (Wildman–Crippen LogP) is 4.70. The van der Waals surface area contributed by atoms with Crippen LogP contribution in [0.1, 0.15) is 36.1 Å². The highest BCUT2D eigenvalue weighted by atomic mass is 16.5. The molecule has 1 aromatic heterocycles. The molecule has 1 fully saturated rings. The molecule has 0 radical (unpaired) electrons. The van der Waals surface area contributed by atoms with Gasteiger partial charge in [-0.2, -0.15) is 0 Å². The van der Waals surface area contributed by atoms with Crippen LogP contribution in [0.5, 0.6) is 5.75 Å². The second-order valence-electron chi connectivity index (χ2n) is 8.52. The van der Waals surface area contributed by atoms with E-state index in [-0.39, 0.29) is 0 Å². The van der Waals surface area contributed by atoms with E-state index < -0.39 is 0 Å². The van der Waals surface area contributed by atoms with Crippen LogP contribution in [0.25, 0.3) is 11.4 Å². The fourth-order valence-corrected chi connectivity index (χ4v) is 4.70. The molecule has 31 heavy (non-hydrogen) atoms. The van der Waals surface area contributed by atoms with Gasteiger partial charge in [0.25, 0.3) is 0 Å². The fourth-order valence-electron chi connectivity index (χ4n) is 4.70.